The molecule has 6 rings (SSSR count). The molecule has 3 aliphatic heterocycles. The molecular weight excluding hydrogens is 454 g/mol. The third kappa shape index (κ3) is 3.86. The molecule has 7 nitrogen and oxygen atoms in total. The van der Waals surface area contributed by atoms with E-state index in [1.807, 2.05) is 48.5 Å². The highest BCUT2D eigenvalue weighted by molar-refractivity contribution is 7.89. The van der Waals surface area contributed by atoms with Crippen LogP contribution in [0, 0.1) is 0 Å². The topological polar surface area (TPSA) is 74.3 Å². The smallest absolute Gasteiger partial charge is 0.243 e. The van der Waals surface area contributed by atoms with E-state index in [2.05, 4.69) is 0 Å². The van der Waals surface area contributed by atoms with Crippen molar-refractivity contribution in [3.63, 3.8) is 0 Å². The van der Waals surface area contributed by atoms with Crippen molar-refractivity contribution in [2.24, 2.45) is 0 Å². The molecule has 8 heteroatoms. The molecule has 2 atom stereocenters. The Morgan fingerprint density at radius 1 is 0.706 bits per heavy atom. The first-order valence-corrected chi connectivity index (χ1v) is 12.6. The maximum absolute atomic E-state index is 13.8. The fourth-order valence-corrected chi connectivity index (χ4v) is 6.31. The summed E-state index contributed by atoms with van der Waals surface area (Å²) in [5, 5.41) is 0. The van der Waals surface area contributed by atoms with Gasteiger partial charge in [0.05, 0.1) is 32.2 Å². The molecule has 0 aliphatic carbocycles. The third-order valence-electron chi connectivity index (χ3n) is 6.77. The highest BCUT2D eigenvalue weighted by Gasteiger charge is 2.55. The van der Waals surface area contributed by atoms with Crippen LogP contribution in [0.2, 0.25) is 0 Å². The van der Waals surface area contributed by atoms with Gasteiger partial charge in [-0.3, -0.25) is 0 Å². The Kier molecular flexibility index (Phi) is 5.85. The molecule has 0 N–H and O–H groups in total. The number of rotatable bonds is 6. The molecule has 0 spiro atoms. The maximum Gasteiger partial charge on any atom is 0.243 e. The van der Waals surface area contributed by atoms with E-state index in [9.17, 15) is 8.42 Å². The van der Waals surface area contributed by atoms with Gasteiger partial charge in [-0.25, -0.2) is 18.2 Å². The average Bonchev–Trinajstić information content (AvgIpc) is 3.19. The lowest BCUT2D eigenvalue weighted by Gasteiger charge is -2.41. The third-order valence-corrected chi connectivity index (χ3v) is 8.58. The fraction of sp³-hybridized carbons (Fsp3) is 0.308. The molecule has 0 radical (unpaired) electrons. The van der Waals surface area contributed by atoms with Crippen LogP contribution in [0.15, 0.2) is 83.8 Å². The van der Waals surface area contributed by atoms with Crippen LogP contribution in [0.25, 0.3) is 0 Å². The lowest BCUT2D eigenvalue weighted by molar-refractivity contribution is -0.438. The molecule has 3 fully saturated rings. The van der Waals surface area contributed by atoms with Crippen LogP contribution in [0.1, 0.15) is 24.0 Å². The van der Waals surface area contributed by atoms with Crippen LogP contribution < -0.4 is 9.47 Å². The molecule has 0 amide bonds. The van der Waals surface area contributed by atoms with Crippen LogP contribution in [0.3, 0.4) is 0 Å². The van der Waals surface area contributed by atoms with E-state index in [0.717, 1.165) is 11.1 Å². The van der Waals surface area contributed by atoms with Gasteiger partial charge in [-0.2, -0.15) is 4.31 Å². The number of ether oxygens (including phenoxy) is 2. The number of methoxy groups -OCH3 is 2. The normalized spacial score (nSPS) is 25.0. The lowest BCUT2D eigenvalue weighted by atomic mass is 9.82. The molecule has 3 aliphatic rings. The zero-order valence-corrected chi connectivity index (χ0v) is 20.0. The number of benzene rings is 3. The molecule has 3 heterocycles. The zero-order chi connectivity index (χ0) is 23.8. The van der Waals surface area contributed by atoms with Crippen molar-refractivity contribution in [2.45, 2.75) is 28.9 Å². The van der Waals surface area contributed by atoms with Gasteiger partial charge >= 0.3 is 0 Å². The summed E-state index contributed by atoms with van der Waals surface area (Å²) in [4.78, 5) is 12.5. The van der Waals surface area contributed by atoms with Crippen LogP contribution in [-0.2, 0) is 31.0 Å². The molecule has 3 aromatic carbocycles. The Balaban J connectivity index is 1.59. The maximum atomic E-state index is 13.8. The highest BCUT2D eigenvalue weighted by atomic mass is 32.2. The molecule has 0 saturated carbocycles. The first kappa shape index (κ1) is 22.9. The van der Waals surface area contributed by atoms with Crippen molar-refractivity contribution in [1.82, 2.24) is 4.31 Å². The average molecular weight is 482 g/mol. The van der Waals surface area contributed by atoms with E-state index in [-0.39, 0.29) is 18.0 Å². The Bertz CT molecular complexity index is 1170. The number of hydrogen-bond donors (Lipinski definition) is 0. The summed E-state index contributed by atoms with van der Waals surface area (Å²) < 4.78 is 39.7. The Labute approximate surface area is 199 Å². The van der Waals surface area contributed by atoms with E-state index >= 15 is 0 Å². The minimum Gasteiger partial charge on any atom is -0.497 e. The van der Waals surface area contributed by atoms with Crippen LogP contribution in [0.5, 0.6) is 11.5 Å². The van der Waals surface area contributed by atoms with Crippen LogP contribution in [0.4, 0.5) is 0 Å². The predicted octanol–water partition coefficient (Wildman–Crippen LogP) is 4.24. The van der Waals surface area contributed by atoms with Crippen molar-refractivity contribution in [1.29, 1.82) is 0 Å². The van der Waals surface area contributed by atoms with E-state index in [1.165, 1.54) is 4.31 Å². The fourth-order valence-electron chi connectivity index (χ4n) is 4.75. The first-order valence-electron chi connectivity index (χ1n) is 11.1. The molecule has 3 aromatic rings. The van der Waals surface area contributed by atoms with Crippen molar-refractivity contribution in [3.8, 4) is 11.5 Å². The molecule has 0 aromatic heterocycles. The van der Waals surface area contributed by atoms with Crippen LogP contribution >= 0.6 is 0 Å². The molecule has 3 saturated heterocycles. The summed E-state index contributed by atoms with van der Waals surface area (Å²) in [5.74, 6) is 1.43. The van der Waals surface area contributed by atoms with Crippen molar-refractivity contribution >= 4 is 10.0 Å². The summed E-state index contributed by atoms with van der Waals surface area (Å²) in [6.07, 6.45) is 1.18. The highest BCUT2D eigenvalue weighted by Crippen LogP contribution is 2.50. The SMILES string of the molecule is COc1ccc([C@@]23CC[C@@](c4ccc(OC)cc4)(CN(S(=O)(=O)c4ccccc4)C2)OO3)cc1. The van der Waals surface area contributed by atoms with E-state index in [1.54, 1.807) is 44.6 Å². The van der Waals surface area contributed by atoms with Gasteiger partial charge in [-0.1, -0.05) is 42.5 Å². The Morgan fingerprint density at radius 3 is 1.53 bits per heavy atom. The summed E-state index contributed by atoms with van der Waals surface area (Å²) in [5.41, 5.74) is -0.208. The molecule has 2 bridgehead atoms. The molecular formula is C26H27NO6S. The minimum absolute atomic E-state index is 0.133. The molecule has 34 heavy (non-hydrogen) atoms. The van der Waals surface area contributed by atoms with Gasteiger partial charge in [0.15, 0.2) is 0 Å². The second-order valence-electron chi connectivity index (χ2n) is 8.70. The largest absolute Gasteiger partial charge is 0.497 e. The van der Waals surface area contributed by atoms with Gasteiger partial charge in [0.25, 0.3) is 0 Å². The minimum atomic E-state index is -3.81. The van der Waals surface area contributed by atoms with Gasteiger partial charge in [0.2, 0.25) is 10.0 Å². The first-order chi connectivity index (χ1) is 16.4. The Hall–Kier alpha value is -2.91. The number of fused-ring (bicyclic) bond motifs is 4. The van der Waals surface area contributed by atoms with Gasteiger partial charge < -0.3 is 9.47 Å². The van der Waals surface area contributed by atoms with E-state index in [0.29, 0.717) is 24.3 Å². The Morgan fingerprint density at radius 2 is 1.15 bits per heavy atom. The van der Waals surface area contributed by atoms with Crippen LogP contribution in [-0.4, -0.2) is 40.0 Å². The molecule has 178 valence electrons. The standard InChI is InChI=1S/C26H27NO6S/c1-30-22-12-8-20(9-13-22)25-16-17-26(33-32-25,21-10-14-23(31-2)15-11-21)19-27(18-25)34(28,29)24-6-4-3-5-7-24/h3-15H,16-19H2,1-2H3/t25-,26+. The number of hydrogen-bond acceptors (Lipinski definition) is 6. The van der Waals surface area contributed by atoms with E-state index < -0.39 is 21.2 Å². The molecule has 0 unspecified atom stereocenters. The second-order valence-corrected chi connectivity index (χ2v) is 10.6. The van der Waals surface area contributed by atoms with Gasteiger partial charge in [0.1, 0.15) is 22.7 Å². The van der Waals surface area contributed by atoms with Crippen molar-refractivity contribution in [2.75, 3.05) is 27.3 Å². The quantitative estimate of drug-likeness (QED) is 0.491. The van der Waals surface area contributed by atoms with Crippen molar-refractivity contribution in [3.05, 3.63) is 90.0 Å². The second kappa shape index (κ2) is 8.70. The van der Waals surface area contributed by atoms with Crippen molar-refractivity contribution < 1.29 is 27.7 Å². The monoisotopic (exact) mass is 481 g/mol. The van der Waals surface area contributed by atoms with Gasteiger partial charge in [0, 0.05) is 0 Å². The summed E-state index contributed by atoms with van der Waals surface area (Å²) in [6, 6.07) is 23.5. The predicted molar refractivity (Wildman–Crippen MR) is 126 cm³/mol. The van der Waals surface area contributed by atoms with E-state index in [4.69, 9.17) is 19.2 Å². The number of nitrogens with zero attached hydrogens (tertiary/aromatic N) is 1. The lowest BCUT2D eigenvalue weighted by Crippen LogP contribution is -2.43. The van der Waals surface area contributed by atoms with Gasteiger partial charge in [-0.05, 0) is 60.4 Å². The summed E-state index contributed by atoms with van der Waals surface area (Å²) in [6.45, 7) is 0.267. The summed E-state index contributed by atoms with van der Waals surface area (Å²) >= 11 is 0. The summed E-state index contributed by atoms with van der Waals surface area (Å²) in [7, 11) is -0.590. The van der Waals surface area contributed by atoms with Gasteiger partial charge in [-0.15, -0.1) is 0 Å². The zero-order valence-electron chi connectivity index (χ0n) is 19.1. The number of sulfonamides is 1.